The quantitative estimate of drug-likeness (QED) is 0.350. The lowest BCUT2D eigenvalue weighted by Crippen LogP contribution is -2.12. The highest BCUT2D eigenvalue weighted by molar-refractivity contribution is 5.59. The van der Waals surface area contributed by atoms with Crippen molar-refractivity contribution in [2.45, 2.75) is 6.92 Å². The van der Waals surface area contributed by atoms with Gasteiger partial charge >= 0.3 is 0 Å². The molecule has 2 rings (SSSR count). The summed E-state index contributed by atoms with van der Waals surface area (Å²) in [6, 6.07) is 1.44. The second kappa shape index (κ2) is 5.29. The van der Waals surface area contributed by atoms with E-state index in [1.807, 2.05) is 0 Å². The Kier molecular flexibility index (Phi) is 3.70. The van der Waals surface area contributed by atoms with Gasteiger partial charge in [0.1, 0.15) is 11.5 Å². The zero-order valence-corrected chi connectivity index (χ0v) is 10.1. The Morgan fingerprint density at radius 1 is 1.00 bits per heavy atom. The number of aryl methyl sites for hydroxylation is 1. The van der Waals surface area contributed by atoms with Crippen molar-refractivity contribution in [3.8, 4) is 0 Å². The molecule has 0 aliphatic heterocycles. The molecule has 0 amide bonds. The molecule has 20 heavy (non-hydrogen) atoms. The Morgan fingerprint density at radius 3 is 2.15 bits per heavy atom. The van der Waals surface area contributed by atoms with Crippen LogP contribution in [0, 0.1) is 30.2 Å². The van der Waals surface area contributed by atoms with E-state index in [4.69, 9.17) is 5.84 Å². The molecule has 1 aromatic heterocycles. The molecular weight excluding hydrogens is 278 g/mol. The molecule has 2 aromatic rings. The molecule has 0 fully saturated rings. The van der Waals surface area contributed by atoms with E-state index in [0.717, 1.165) is 0 Å². The van der Waals surface area contributed by atoms with Gasteiger partial charge in [0.15, 0.2) is 23.3 Å². The first-order valence-corrected chi connectivity index (χ1v) is 5.34. The van der Waals surface area contributed by atoms with Crippen LogP contribution in [0.2, 0.25) is 0 Å². The summed E-state index contributed by atoms with van der Waals surface area (Å²) in [6.07, 6.45) is 0. The highest BCUT2D eigenvalue weighted by Gasteiger charge is 2.19. The van der Waals surface area contributed by atoms with Crippen LogP contribution in [0.5, 0.6) is 0 Å². The van der Waals surface area contributed by atoms with Crippen molar-refractivity contribution in [2.75, 3.05) is 10.7 Å². The maximum Gasteiger partial charge on any atom is 0.239 e. The predicted molar refractivity (Wildman–Crippen MR) is 64.1 cm³/mol. The molecule has 0 saturated heterocycles. The fraction of sp³-hybridized carbons (Fsp3) is 0.0909. The third-order valence-corrected chi connectivity index (χ3v) is 2.35. The van der Waals surface area contributed by atoms with Crippen LogP contribution in [0.15, 0.2) is 12.1 Å². The first kappa shape index (κ1) is 14.0. The lowest BCUT2D eigenvalue weighted by Gasteiger charge is -2.10. The molecule has 4 N–H and O–H groups in total. The second-order valence-electron chi connectivity index (χ2n) is 3.83. The van der Waals surface area contributed by atoms with E-state index in [-0.39, 0.29) is 17.8 Å². The van der Waals surface area contributed by atoms with E-state index < -0.39 is 29.0 Å². The summed E-state index contributed by atoms with van der Waals surface area (Å²) < 4.78 is 53.1. The van der Waals surface area contributed by atoms with E-state index in [0.29, 0.717) is 5.69 Å². The number of hydrogen-bond donors (Lipinski definition) is 3. The Hall–Kier alpha value is -2.42. The number of nitrogens with one attached hydrogen (secondary N) is 2. The molecule has 9 heteroatoms. The summed E-state index contributed by atoms with van der Waals surface area (Å²) in [5.74, 6) is -1.13. The minimum Gasteiger partial charge on any atom is -0.335 e. The first-order chi connectivity index (χ1) is 9.42. The van der Waals surface area contributed by atoms with Crippen LogP contribution in [0.3, 0.4) is 0 Å². The van der Waals surface area contributed by atoms with Gasteiger partial charge in [0.25, 0.3) is 0 Å². The number of nitrogens with zero attached hydrogens (tertiary/aromatic N) is 2. The minimum absolute atomic E-state index is 0.0230. The fourth-order valence-electron chi connectivity index (χ4n) is 1.51. The molecule has 1 aromatic carbocycles. The zero-order valence-electron chi connectivity index (χ0n) is 10.1. The van der Waals surface area contributed by atoms with Crippen LogP contribution in [0.4, 0.5) is 35.0 Å². The second-order valence-corrected chi connectivity index (χ2v) is 3.83. The summed E-state index contributed by atoms with van der Waals surface area (Å²) in [5, 5.41) is 2.16. The summed E-state index contributed by atoms with van der Waals surface area (Å²) in [6.45, 7) is 1.58. The van der Waals surface area contributed by atoms with Gasteiger partial charge in [0.05, 0.1) is 0 Å². The Bertz CT molecular complexity index is 635. The minimum atomic E-state index is -1.55. The highest BCUT2D eigenvalue weighted by Crippen LogP contribution is 2.27. The van der Waals surface area contributed by atoms with Gasteiger partial charge in [-0.05, 0) is 6.92 Å². The topological polar surface area (TPSA) is 75.9 Å². The number of halogens is 4. The van der Waals surface area contributed by atoms with Crippen molar-refractivity contribution in [1.29, 1.82) is 0 Å². The number of hydrogen-bond acceptors (Lipinski definition) is 5. The molecule has 0 aliphatic carbocycles. The normalized spacial score (nSPS) is 10.5. The van der Waals surface area contributed by atoms with E-state index in [9.17, 15) is 17.6 Å². The molecule has 5 nitrogen and oxygen atoms in total. The maximum atomic E-state index is 13.5. The molecule has 0 atom stereocenters. The Balaban J connectivity index is 2.47. The number of hydrazine groups is 1. The zero-order chi connectivity index (χ0) is 14.9. The number of anilines is 3. The van der Waals surface area contributed by atoms with Gasteiger partial charge in [-0.2, -0.15) is 4.98 Å². The van der Waals surface area contributed by atoms with Crippen molar-refractivity contribution in [3.63, 3.8) is 0 Å². The predicted octanol–water partition coefficient (Wildman–Crippen LogP) is 2.37. The van der Waals surface area contributed by atoms with E-state index in [1.165, 1.54) is 6.07 Å². The third-order valence-electron chi connectivity index (χ3n) is 2.35. The van der Waals surface area contributed by atoms with Gasteiger partial charge < -0.3 is 5.32 Å². The van der Waals surface area contributed by atoms with Crippen molar-refractivity contribution in [1.82, 2.24) is 9.97 Å². The number of benzene rings is 1. The Labute approximate surface area is 110 Å². The largest absolute Gasteiger partial charge is 0.335 e. The molecule has 0 bridgehead atoms. The lowest BCUT2D eigenvalue weighted by molar-refractivity contribution is 0.459. The number of rotatable bonds is 3. The van der Waals surface area contributed by atoms with Crippen LogP contribution in [-0.2, 0) is 0 Å². The van der Waals surface area contributed by atoms with Crippen LogP contribution in [0.1, 0.15) is 5.69 Å². The monoisotopic (exact) mass is 287 g/mol. The van der Waals surface area contributed by atoms with Gasteiger partial charge in [-0.3, -0.25) is 5.43 Å². The SMILES string of the molecule is Cc1cc(Nc2c(F)c(F)cc(F)c2F)nc(NN)n1. The Morgan fingerprint density at radius 2 is 1.60 bits per heavy atom. The molecule has 0 aliphatic rings. The molecule has 0 unspecified atom stereocenters. The number of nitrogen functional groups attached to an aromatic ring is 1. The maximum absolute atomic E-state index is 13.5. The van der Waals surface area contributed by atoms with Crippen molar-refractivity contribution >= 4 is 17.5 Å². The fourth-order valence-corrected chi connectivity index (χ4v) is 1.51. The van der Waals surface area contributed by atoms with Crippen LogP contribution in [-0.4, -0.2) is 9.97 Å². The molecule has 0 saturated carbocycles. The van der Waals surface area contributed by atoms with E-state index in [1.54, 1.807) is 6.92 Å². The first-order valence-electron chi connectivity index (χ1n) is 5.34. The van der Waals surface area contributed by atoms with Crippen LogP contribution >= 0.6 is 0 Å². The van der Waals surface area contributed by atoms with E-state index >= 15 is 0 Å². The summed E-state index contributed by atoms with van der Waals surface area (Å²) in [5.41, 5.74) is 1.59. The summed E-state index contributed by atoms with van der Waals surface area (Å²) in [7, 11) is 0. The van der Waals surface area contributed by atoms with Gasteiger partial charge in [-0.15, -0.1) is 0 Å². The van der Waals surface area contributed by atoms with E-state index in [2.05, 4.69) is 20.7 Å². The van der Waals surface area contributed by atoms with Crippen LogP contribution in [0.25, 0.3) is 0 Å². The van der Waals surface area contributed by atoms with Gasteiger partial charge in [0, 0.05) is 17.8 Å². The molecule has 106 valence electrons. The molecular formula is C11H9F4N5. The van der Waals surface area contributed by atoms with Crippen molar-refractivity contribution in [2.24, 2.45) is 5.84 Å². The summed E-state index contributed by atoms with van der Waals surface area (Å²) in [4.78, 5) is 7.60. The summed E-state index contributed by atoms with van der Waals surface area (Å²) >= 11 is 0. The molecule has 1 heterocycles. The van der Waals surface area contributed by atoms with Crippen molar-refractivity contribution in [3.05, 3.63) is 41.1 Å². The average Bonchev–Trinajstić information content (AvgIpc) is 2.40. The highest BCUT2D eigenvalue weighted by atomic mass is 19.2. The molecule has 0 spiro atoms. The van der Waals surface area contributed by atoms with Crippen LogP contribution < -0.4 is 16.6 Å². The smallest absolute Gasteiger partial charge is 0.239 e. The third kappa shape index (κ3) is 2.62. The molecule has 0 radical (unpaired) electrons. The van der Waals surface area contributed by atoms with Gasteiger partial charge in [-0.1, -0.05) is 0 Å². The number of nitrogens with two attached hydrogens (primary N) is 1. The van der Waals surface area contributed by atoms with Gasteiger partial charge in [0.2, 0.25) is 5.95 Å². The lowest BCUT2D eigenvalue weighted by atomic mass is 10.2. The van der Waals surface area contributed by atoms with Crippen molar-refractivity contribution < 1.29 is 17.6 Å². The average molecular weight is 287 g/mol. The number of aromatic nitrogens is 2. The van der Waals surface area contributed by atoms with Gasteiger partial charge in [-0.25, -0.2) is 28.4 Å². The standard InChI is InChI=1S/C11H9F4N5/c1-4-2-7(19-11(17-4)20-16)18-10-8(14)5(12)3-6(13)9(10)15/h2-3H,16H2,1H3,(H2,17,18,19,20).